The third-order valence-corrected chi connectivity index (χ3v) is 3.80. The van der Waals surface area contributed by atoms with Gasteiger partial charge in [-0.3, -0.25) is 9.59 Å². The van der Waals surface area contributed by atoms with Gasteiger partial charge in [-0.15, -0.1) is 5.10 Å². The van der Waals surface area contributed by atoms with E-state index in [-0.39, 0.29) is 29.7 Å². The number of nitrogens with one attached hydrogen (secondary N) is 1. The van der Waals surface area contributed by atoms with Crippen LogP contribution in [0, 0.1) is 6.92 Å². The monoisotopic (exact) mass is 377 g/mol. The summed E-state index contributed by atoms with van der Waals surface area (Å²) in [5, 5.41) is 7.76. The van der Waals surface area contributed by atoms with Crippen molar-refractivity contribution in [2.75, 3.05) is 13.1 Å². The SMILES string of the molecule is CCN(CC(=O)NC(C)(C)C)C(=O)c1nc(C)n(-c2ccc(Cl)cc2)n1. The van der Waals surface area contributed by atoms with Crippen LogP contribution in [0.25, 0.3) is 5.69 Å². The molecule has 0 atom stereocenters. The number of hydrogen-bond acceptors (Lipinski definition) is 4. The molecule has 1 aromatic carbocycles. The van der Waals surface area contributed by atoms with Crippen LogP contribution in [0.2, 0.25) is 5.02 Å². The lowest BCUT2D eigenvalue weighted by molar-refractivity contribution is -0.123. The van der Waals surface area contributed by atoms with Crippen LogP contribution in [-0.2, 0) is 4.79 Å². The molecule has 7 nitrogen and oxygen atoms in total. The van der Waals surface area contributed by atoms with Crippen LogP contribution in [0.15, 0.2) is 24.3 Å². The number of rotatable bonds is 5. The zero-order valence-corrected chi connectivity index (χ0v) is 16.5. The lowest BCUT2D eigenvalue weighted by Crippen LogP contribution is -2.47. The highest BCUT2D eigenvalue weighted by molar-refractivity contribution is 6.30. The predicted octanol–water partition coefficient (Wildman–Crippen LogP) is 2.61. The lowest BCUT2D eigenvalue weighted by atomic mass is 10.1. The highest BCUT2D eigenvalue weighted by atomic mass is 35.5. The Hall–Kier alpha value is -2.41. The Kier molecular flexibility index (Phi) is 6.02. The maximum absolute atomic E-state index is 12.7. The van der Waals surface area contributed by atoms with E-state index in [1.807, 2.05) is 27.7 Å². The number of amides is 2. The fourth-order valence-electron chi connectivity index (χ4n) is 2.41. The van der Waals surface area contributed by atoms with Crippen molar-refractivity contribution in [3.8, 4) is 5.69 Å². The smallest absolute Gasteiger partial charge is 0.294 e. The van der Waals surface area contributed by atoms with Crippen molar-refractivity contribution in [1.82, 2.24) is 25.0 Å². The molecule has 0 spiro atoms. The highest BCUT2D eigenvalue weighted by Gasteiger charge is 2.24. The second-order valence-electron chi connectivity index (χ2n) is 6.99. The molecule has 140 valence electrons. The number of likely N-dealkylation sites (N-methyl/N-ethyl adjacent to an activating group) is 1. The molecule has 0 aliphatic rings. The van der Waals surface area contributed by atoms with Gasteiger partial charge in [-0.2, -0.15) is 0 Å². The molecule has 2 rings (SSSR count). The Labute approximate surface area is 158 Å². The van der Waals surface area contributed by atoms with Crippen molar-refractivity contribution in [1.29, 1.82) is 0 Å². The Bertz CT molecular complexity index is 793. The zero-order valence-electron chi connectivity index (χ0n) is 15.7. The summed E-state index contributed by atoms with van der Waals surface area (Å²) in [6.45, 7) is 9.59. The van der Waals surface area contributed by atoms with Gasteiger partial charge < -0.3 is 10.2 Å². The lowest BCUT2D eigenvalue weighted by Gasteiger charge is -2.24. The third-order valence-electron chi connectivity index (χ3n) is 3.55. The van der Waals surface area contributed by atoms with Gasteiger partial charge in [0.25, 0.3) is 5.91 Å². The van der Waals surface area contributed by atoms with Gasteiger partial charge in [-0.1, -0.05) is 11.6 Å². The van der Waals surface area contributed by atoms with Crippen molar-refractivity contribution in [3.05, 3.63) is 40.9 Å². The van der Waals surface area contributed by atoms with E-state index < -0.39 is 0 Å². The molecule has 1 heterocycles. The Balaban J connectivity index is 2.19. The second kappa shape index (κ2) is 7.86. The molecule has 0 saturated heterocycles. The van der Waals surface area contributed by atoms with E-state index in [2.05, 4.69) is 15.4 Å². The van der Waals surface area contributed by atoms with Gasteiger partial charge >= 0.3 is 0 Å². The first-order valence-electron chi connectivity index (χ1n) is 8.40. The van der Waals surface area contributed by atoms with Crippen molar-refractivity contribution < 1.29 is 9.59 Å². The van der Waals surface area contributed by atoms with Gasteiger partial charge in [0.05, 0.1) is 12.2 Å². The van der Waals surface area contributed by atoms with Crippen LogP contribution in [-0.4, -0.2) is 50.1 Å². The van der Waals surface area contributed by atoms with E-state index >= 15 is 0 Å². The average molecular weight is 378 g/mol. The number of hydrogen-bond donors (Lipinski definition) is 1. The largest absolute Gasteiger partial charge is 0.350 e. The predicted molar refractivity (Wildman–Crippen MR) is 101 cm³/mol. The standard InChI is InChI=1S/C18H24ClN5O2/c1-6-23(11-15(25)21-18(3,4)5)17(26)16-20-12(2)24(22-16)14-9-7-13(19)8-10-14/h7-10H,6,11H2,1-5H3,(H,21,25). The fourth-order valence-corrected chi connectivity index (χ4v) is 2.53. The minimum Gasteiger partial charge on any atom is -0.350 e. The summed E-state index contributed by atoms with van der Waals surface area (Å²) in [5.74, 6) is 0.0302. The van der Waals surface area contributed by atoms with Crippen LogP contribution in [0.1, 0.15) is 44.1 Å². The van der Waals surface area contributed by atoms with Gasteiger partial charge in [0.1, 0.15) is 5.82 Å². The van der Waals surface area contributed by atoms with Crippen molar-refractivity contribution in [2.45, 2.75) is 40.2 Å². The van der Waals surface area contributed by atoms with Crippen LogP contribution in [0.4, 0.5) is 0 Å². The minimum atomic E-state index is -0.382. The molecule has 0 saturated carbocycles. The van der Waals surface area contributed by atoms with Crippen LogP contribution in [0.3, 0.4) is 0 Å². The molecule has 8 heteroatoms. The molecular formula is C18H24ClN5O2. The number of aromatic nitrogens is 3. The van der Waals surface area contributed by atoms with Gasteiger partial charge in [0.2, 0.25) is 11.7 Å². The van der Waals surface area contributed by atoms with Crippen LogP contribution in [0.5, 0.6) is 0 Å². The molecule has 1 aromatic heterocycles. The molecule has 0 fully saturated rings. The molecule has 0 unspecified atom stereocenters. The van der Waals surface area contributed by atoms with E-state index in [0.717, 1.165) is 5.69 Å². The molecule has 1 N–H and O–H groups in total. The number of nitrogens with zero attached hydrogens (tertiary/aromatic N) is 4. The number of carbonyl (C=O) groups is 2. The van der Waals surface area contributed by atoms with Gasteiger partial charge in [-0.05, 0) is 58.9 Å². The maximum Gasteiger partial charge on any atom is 0.294 e. The molecular weight excluding hydrogens is 354 g/mol. The van der Waals surface area contributed by atoms with Crippen LogP contribution >= 0.6 is 11.6 Å². The summed E-state index contributed by atoms with van der Waals surface area (Å²) in [6.07, 6.45) is 0. The van der Waals surface area contributed by atoms with Crippen molar-refractivity contribution >= 4 is 23.4 Å². The van der Waals surface area contributed by atoms with Crippen molar-refractivity contribution in [3.63, 3.8) is 0 Å². The van der Waals surface area contributed by atoms with E-state index in [1.165, 1.54) is 4.90 Å². The van der Waals surface area contributed by atoms with Crippen LogP contribution < -0.4 is 5.32 Å². The van der Waals surface area contributed by atoms with E-state index in [1.54, 1.807) is 35.9 Å². The molecule has 0 radical (unpaired) electrons. The van der Waals surface area contributed by atoms with Gasteiger partial charge in [0, 0.05) is 17.1 Å². The number of halogens is 1. The topological polar surface area (TPSA) is 80.1 Å². The quantitative estimate of drug-likeness (QED) is 0.868. The summed E-state index contributed by atoms with van der Waals surface area (Å²) >= 11 is 5.91. The minimum absolute atomic E-state index is 0.0405. The third kappa shape index (κ3) is 5.05. The summed E-state index contributed by atoms with van der Waals surface area (Å²) in [6, 6.07) is 7.09. The zero-order chi connectivity index (χ0) is 19.5. The first-order chi connectivity index (χ1) is 12.1. The average Bonchev–Trinajstić information content (AvgIpc) is 2.93. The maximum atomic E-state index is 12.7. The second-order valence-corrected chi connectivity index (χ2v) is 7.42. The number of benzene rings is 1. The van der Waals surface area contributed by atoms with Gasteiger partial charge in [-0.25, -0.2) is 9.67 Å². The Morgan fingerprint density at radius 2 is 1.85 bits per heavy atom. The van der Waals surface area contributed by atoms with E-state index in [4.69, 9.17) is 11.6 Å². The Morgan fingerprint density at radius 3 is 2.38 bits per heavy atom. The molecule has 0 aliphatic heterocycles. The molecule has 0 bridgehead atoms. The van der Waals surface area contributed by atoms with Gasteiger partial charge in [0.15, 0.2) is 0 Å². The number of aryl methyl sites for hydroxylation is 1. The Morgan fingerprint density at radius 1 is 1.23 bits per heavy atom. The number of carbonyl (C=O) groups excluding carboxylic acids is 2. The normalized spacial score (nSPS) is 11.3. The van der Waals surface area contributed by atoms with Crippen molar-refractivity contribution in [2.24, 2.45) is 0 Å². The highest BCUT2D eigenvalue weighted by Crippen LogP contribution is 2.14. The summed E-state index contributed by atoms with van der Waals surface area (Å²) in [5.41, 5.74) is 0.400. The molecule has 26 heavy (non-hydrogen) atoms. The van der Waals surface area contributed by atoms with E-state index in [9.17, 15) is 9.59 Å². The first kappa shape index (κ1) is 19.9. The summed E-state index contributed by atoms with van der Waals surface area (Å²) < 4.78 is 1.58. The summed E-state index contributed by atoms with van der Waals surface area (Å²) in [7, 11) is 0. The molecule has 2 aromatic rings. The summed E-state index contributed by atoms with van der Waals surface area (Å²) in [4.78, 5) is 30.5. The molecule has 0 aliphatic carbocycles. The fraction of sp³-hybridized carbons (Fsp3) is 0.444. The van der Waals surface area contributed by atoms with E-state index in [0.29, 0.717) is 17.4 Å². The first-order valence-corrected chi connectivity index (χ1v) is 8.78. The molecule has 2 amide bonds.